The van der Waals surface area contributed by atoms with Crippen molar-refractivity contribution in [3.63, 3.8) is 0 Å². The Morgan fingerprint density at radius 1 is 1.06 bits per heavy atom. The molecule has 0 radical (unpaired) electrons. The summed E-state index contributed by atoms with van der Waals surface area (Å²) in [6.45, 7) is 9.82. The van der Waals surface area contributed by atoms with Crippen LogP contribution < -0.4 is 0 Å². The fourth-order valence-electron chi connectivity index (χ4n) is 9.85. The van der Waals surface area contributed by atoms with Crippen LogP contribution in [0.4, 0.5) is 0 Å². The van der Waals surface area contributed by atoms with E-state index in [1.807, 2.05) is 0 Å². The Hall–Kier alpha value is -0.940. The van der Waals surface area contributed by atoms with Gasteiger partial charge in [-0.1, -0.05) is 34.1 Å². The number of aromatic nitrogens is 3. The predicted molar refractivity (Wildman–Crippen MR) is 126 cm³/mol. The van der Waals surface area contributed by atoms with Crippen molar-refractivity contribution < 1.29 is 10.2 Å². The molecule has 0 saturated heterocycles. The standard InChI is InChI=1S/C27H45N3O2/c1-5-18-22-14-17(31)10-12-27(22,4)21-11-13-26(3)19(7-8-20(26)24(21)25(18)32)16(2)6-9-23-28-15-29-30-23/h15-22,24-25,31-32H,5-14H2,1-4H3,(H,28,29,30)/t16-,17-,18-,19?,20?,21?,22+,24?,25-,26-,27-/m1/s1. The van der Waals surface area contributed by atoms with E-state index in [-0.39, 0.29) is 12.2 Å². The van der Waals surface area contributed by atoms with Crippen LogP contribution in [-0.2, 0) is 6.42 Å². The van der Waals surface area contributed by atoms with Crippen LogP contribution in [0.5, 0.6) is 0 Å². The lowest BCUT2D eigenvalue weighted by atomic mass is 9.41. The highest BCUT2D eigenvalue weighted by atomic mass is 16.3. The number of hydrogen-bond acceptors (Lipinski definition) is 4. The molecule has 1 heterocycles. The van der Waals surface area contributed by atoms with E-state index in [9.17, 15) is 10.2 Å². The van der Waals surface area contributed by atoms with Gasteiger partial charge in [0.25, 0.3) is 0 Å². The van der Waals surface area contributed by atoms with Gasteiger partial charge in [0.05, 0.1) is 12.2 Å². The molecule has 180 valence electrons. The summed E-state index contributed by atoms with van der Waals surface area (Å²) < 4.78 is 0. The molecule has 5 heteroatoms. The first-order valence-electron chi connectivity index (χ1n) is 13.5. The number of fused-ring (bicyclic) bond motifs is 5. The van der Waals surface area contributed by atoms with Crippen molar-refractivity contribution in [3.8, 4) is 0 Å². The van der Waals surface area contributed by atoms with Crippen LogP contribution in [0, 0.1) is 52.3 Å². The molecule has 0 spiro atoms. The molecule has 0 aliphatic heterocycles. The molecule has 4 fully saturated rings. The van der Waals surface area contributed by atoms with Crippen LogP contribution >= 0.6 is 0 Å². The fourth-order valence-corrected chi connectivity index (χ4v) is 9.85. The minimum atomic E-state index is -0.193. The molecule has 0 amide bonds. The molecule has 0 aromatic carbocycles. The third-order valence-corrected chi connectivity index (χ3v) is 11.5. The van der Waals surface area contributed by atoms with Crippen LogP contribution in [0.3, 0.4) is 0 Å². The maximum atomic E-state index is 11.8. The van der Waals surface area contributed by atoms with Gasteiger partial charge in [-0.25, -0.2) is 0 Å². The Morgan fingerprint density at radius 2 is 1.81 bits per heavy atom. The van der Waals surface area contributed by atoms with E-state index in [4.69, 9.17) is 0 Å². The summed E-state index contributed by atoms with van der Waals surface area (Å²) in [5, 5.41) is 30.4. The first-order valence-corrected chi connectivity index (χ1v) is 13.5. The molecule has 5 rings (SSSR count). The van der Waals surface area contributed by atoms with Gasteiger partial charge in [-0.2, -0.15) is 0 Å². The van der Waals surface area contributed by atoms with Gasteiger partial charge in [-0.15, -0.1) is 10.2 Å². The minimum absolute atomic E-state index is 0.166. The van der Waals surface area contributed by atoms with E-state index < -0.39 is 0 Å². The van der Waals surface area contributed by atoms with Crippen molar-refractivity contribution in [2.24, 2.45) is 52.3 Å². The number of aliphatic hydroxyl groups excluding tert-OH is 2. The van der Waals surface area contributed by atoms with Gasteiger partial charge in [-0.05, 0) is 104 Å². The molecule has 0 bridgehead atoms. The molecule has 1 aromatic heterocycles. The number of hydrogen-bond donors (Lipinski definition) is 3. The van der Waals surface area contributed by atoms with Crippen molar-refractivity contribution in [3.05, 3.63) is 12.2 Å². The lowest BCUT2D eigenvalue weighted by Crippen LogP contribution is -2.62. The van der Waals surface area contributed by atoms with Crippen LogP contribution in [0.15, 0.2) is 6.33 Å². The van der Waals surface area contributed by atoms with Gasteiger partial charge >= 0.3 is 0 Å². The normalized spacial score (nSPS) is 49.2. The van der Waals surface area contributed by atoms with E-state index in [0.717, 1.165) is 50.3 Å². The van der Waals surface area contributed by atoms with Crippen LogP contribution in [-0.4, -0.2) is 37.6 Å². The minimum Gasteiger partial charge on any atom is -0.393 e. The highest BCUT2D eigenvalue weighted by Gasteiger charge is 2.64. The van der Waals surface area contributed by atoms with Crippen LogP contribution in [0.25, 0.3) is 0 Å². The Morgan fingerprint density at radius 3 is 2.53 bits per heavy atom. The highest BCUT2D eigenvalue weighted by molar-refractivity contribution is 5.13. The van der Waals surface area contributed by atoms with Gasteiger partial charge in [0.1, 0.15) is 12.2 Å². The van der Waals surface area contributed by atoms with E-state index in [0.29, 0.717) is 46.3 Å². The summed E-state index contributed by atoms with van der Waals surface area (Å²) in [5.41, 5.74) is 0.639. The number of aromatic amines is 1. The molecule has 4 aliphatic rings. The molecule has 1 aromatic rings. The average Bonchev–Trinajstić information content (AvgIpc) is 3.41. The molecule has 5 nitrogen and oxygen atoms in total. The van der Waals surface area contributed by atoms with Crippen molar-refractivity contribution in [1.82, 2.24) is 15.2 Å². The van der Waals surface area contributed by atoms with E-state index >= 15 is 0 Å². The number of H-pyrrole nitrogens is 1. The molecule has 3 N–H and O–H groups in total. The quantitative estimate of drug-likeness (QED) is 0.598. The molecule has 32 heavy (non-hydrogen) atoms. The molecule has 4 unspecified atom stereocenters. The zero-order chi connectivity index (χ0) is 22.7. The molecular formula is C27H45N3O2. The number of aliphatic hydroxyl groups is 2. The van der Waals surface area contributed by atoms with Crippen molar-refractivity contribution in [2.45, 2.75) is 104 Å². The number of nitrogens with zero attached hydrogens (tertiary/aromatic N) is 2. The number of nitrogens with one attached hydrogen (secondary N) is 1. The third-order valence-electron chi connectivity index (χ3n) is 11.5. The summed E-state index contributed by atoms with van der Waals surface area (Å²) in [4.78, 5) is 3.16. The third kappa shape index (κ3) is 3.40. The second kappa shape index (κ2) is 8.37. The molecule has 11 atom stereocenters. The zero-order valence-electron chi connectivity index (χ0n) is 20.6. The van der Waals surface area contributed by atoms with Gasteiger partial charge in [0.2, 0.25) is 0 Å². The lowest BCUT2D eigenvalue weighted by Gasteiger charge is -2.64. The summed E-state index contributed by atoms with van der Waals surface area (Å²) in [6.07, 6.45) is 12.7. The van der Waals surface area contributed by atoms with Gasteiger partial charge in [0.15, 0.2) is 0 Å². The van der Waals surface area contributed by atoms with Crippen molar-refractivity contribution in [2.75, 3.05) is 0 Å². The summed E-state index contributed by atoms with van der Waals surface area (Å²) in [6, 6.07) is 0. The molecule has 4 aliphatic carbocycles. The number of aryl methyl sites for hydroxylation is 1. The Balaban J connectivity index is 1.38. The van der Waals surface area contributed by atoms with Gasteiger partial charge < -0.3 is 15.2 Å². The monoisotopic (exact) mass is 443 g/mol. The lowest BCUT2D eigenvalue weighted by molar-refractivity contribution is -0.203. The maximum absolute atomic E-state index is 11.8. The second-order valence-electron chi connectivity index (χ2n) is 12.6. The zero-order valence-corrected chi connectivity index (χ0v) is 20.6. The Bertz CT molecular complexity index is 784. The predicted octanol–water partition coefficient (Wildman–Crippen LogP) is 5.00. The summed E-state index contributed by atoms with van der Waals surface area (Å²) >= 11 is 0. The topological polar surface area (TPSA) is 82.0 Å². The van der Waals surface area contributed by atoms with E-state index in [1.54, 1.807) is 6.33 Å². The molecular weight excluding hydrogens is 398 g/mol. The largest absolute Gasteiger partial charge is 0.393 e. The first-order chi connectivity index (χ1) is 15.3. The number of rotatable bonds is 5. The summed E-state index contributed by atoms with van der Waals surface area (Å²) in [7, 11) is 0. The molecule has 4 saturated carbocycles. The smallest absolute Gasteiger partial charge is 0.130 e. The maximum Gasteiger partial charge on any atom is 0.130 e. The Labute approximate surface area is 194 Å². The van der Waals surface area contributed by atoms with Crippen molar-refractivity contribution >= 4 is 0 Å². The highest BCUT2D eigenvalue weighted by Crippen LogP contribution is 2.69. The van der Waals surface area contributed by atoms with E-state index in [1.165, 1.54) is 25.7 Å². The van der Waals surface area contributed by atoms with Crippen LogP contribution in [0.2, 0.25) is 0 Å². The fraction of sp³-hybridized carbons (Fsp3) is 0.926. The van der Waals surface area contributed by atoms with Crippen LogP contribution in [0.1, 0.15) is 91.3 Å². The van der Waals surface area contributed by atoms with Crippen molar-refractivity contribution in [1.29, 1.82) is 0 Å². The SMILES string of the molecule is CC[C@H]1[C@@H](O)C2C3CCC([C@H](C)CCc4nnc[nH]4)[C@@]3(C)CCC2[C@@]2(C)CC[C@@H](O)C[C@@H]12. The van der Waals surface area contributed by atoms with Gasteiger partial charge in [-0.3, -0.25) is 0 Å². The van der Waals surface area contributed by atoms with Gasteiger partial charge in [0, 0.05) is 6.42 Å². The first kappa shape index (κ1) is 22.8. The summed E-state index contributed by atoms with van der Waals surface area (Å²) in [5.74, 6) is 4.96. The second-order valence-corrected chi connectivity index (χ2v) is 12.6. The average molecular weight is 444 g/mol. The Kier molecular flexibility index (Phi) is 5.97. The van der Waals surface area contributed by atoms with E-state index in [2.05, 4.69) is 42.9 Å².